The molecule has 3 aromatic rings. The molecule has 1 amide bonds. The van der Waals surface area contributed by atoms with E-state index in [1.807, 2.05) is 50.2 Å². The maximum atomic E-state index is 12.7. The Morgan fingerprint density at radius 1 is 1.10 bits per heavy atom. The number of hydrogen-bond acceptors (Lipinski definition) is 6. The Morgan fingerprint density at radius 3 is 2.50 bits per heavy atom. The Labute approximate surface area is 175 Å². The van der Waals surface area contributed by atoms with Crippen LogP contribution in [0.15, 0.2) is 59.1 Å². The summed E-state index contributed by atoms with van der Waals surface area (Å²) in [4.78, 5) is 18.8. The Balaban J connectivity index is 1.75. The molecule has 0 aliphatic carbocycles. The summed E-state index contributed by atoms with van der Waals surface area (Å²) in [5.74, 6) is 1.84. The van der Waals surface area contributed by atoms with Gasteiger partial charge in [-0.3, -0.25) is 4.79 Å². The second-order valence-corrected chi connectivity index (χ2v) is 6.89. The standard InChI is InChI=1S/C23H25N3O4/c1-16(2)26(22(27)13-10-17-8-6-5-7-9-17)15-21-24-23(25-30-21)18-11-12-19(28-3)20(14-18)29-4/h5-14,16H,15H2,1-4H3. The molecule has 0 radical (unpaired) electrons. The van der Waals surface area contributed by atoms with Gasteiger partial charge in [-0.05, 0) is 43.7 Å². The van der Waals surface area contributed by atoms with Crippen LogP contribution in [0.2, 0.25) is 0 Å². The van der Waals surface area contributed by atoms with Crippen molar-refractivity contribution in [2.45, 2.75) is 26.4 Å². The van der Waals surface area contributed by atoms with Gasteiger partial charge in [0.25, 0.3) is 0 Å². The van der Waals surface area contributed by atoms with Crippen molar-refractivity contribution >= 4 is 12.0 Å². The Bertz CT molecular complexity index is 1010. The van der Waals surface area contributed by atoms with Crippen molar-refractivity contribution in [3.63, 3.8) is 0 Å². The molecule has 7 nitrogen and oxygen atoms in total. The van der Waals surface area contributed by atoms with Gasteiger partial charge in [0.1, 0.15) is 6.54 Å². The topological polar surface area (TPSA) is 77.7 Å². The lowest BCUT2D eigenvalue weighted by Gasteiger charge is -2.23. The van der Waals surface area contributed by atoms with Crippen LogP contribution in [-0.4, -0.2) is 41.2 Å². The second kappa shape index (κ2) is 9.73. The molecule has 0 aliphatic rings. The molecule has 0 saturated heterocycles. The van der Waals surface area contributed by atoms with Crippen LogP contribution in [0.3, 0.4) is 0 Å². The highest BCUT2D eigenvalue weighted by atomic mass is 16.5. The van der Waals surface area contributed by atoms with Gasteiger partial charge in [-0.25, -0.2) is 0 Å². The first-order valence-corrected chi connectivity index (χ1v) is 9.60. The highest BCUT2D eigenvalue weighted by Gasteiger charge is 2.19. The van der Waals surface area contributed by atoms with E-state index in [0.717, 1.165) is 11.1 Å². The molecule has 0 spiro atoms. The lowest BCUT2D eigenvalue weighted by Crippen LogP contribution is -2.35. The molecule has 30 heavy (non-hydrogen) atoms. The normalized spacial score (nSPS) is 11.1. The third kappa shape index (κ3) is 5.05. The van der Waals surface area contributed by atoms with Crippen LogP contribution in [0.1, 0.15) is 25.3 Å². The molecule has 156 valence electrons. The van der Waals surface area contributed by atoms with Gasteiger partial charge in [0.2, 0.25) is 17.6 Å². The van der Waals surface area contributed by atoms with Gasteiger partial charge in [0, 0.05) is 17.7 Å². The number of carbonyl (C=O) groups excluding carboxylic acids is 1. The fraction of sp³-hybridized carbons (Fsp3) is 0.261. The van der Waals surface area contributed by atoms with Gasteiger partial charge in [0.15, 0.2) is 11.5 Å². The van der Waals surface area contributed by atoms with Gasteiger partial charge in [-0.15, -0.1) is 0 Å². The minimum absolute atomic E-state index is 0.0330. The SMILES string of the molecule is COc1ccc(-c2noc(CN(C(=O)C=Cc3ccccc3)C(C)C)n2)cc1OC. The van der Waals surface area contributed by atoms with E-state index in [9.17, 15) is 4.79 Å². The molecule has 0 unspecified atom stereocenters. The molecule has 0 N–H and O–H groups in total. The summed E-state index contributed by atoms with van der Waals surface area (Å²) >= 11 is 0. The predicted octanol–water partition coefficient (Wildman–Crippen LogP) is 4.20. The van der Waals surface area contributed by atoms with E-state index in [-0.39, 0.29) is 18.5 Å². The van der Waals surface area contributed by atoms with Crippen molar-refractivity contribution in [2.75, 3.05) is 14.2 Å². The van der Waals surface area contributed by atoms with E-state index in [1.54, 1.807) is 43.4 Å². The van der Waals surface area contributed by atoms with Gasteiger partial charge in [0.05, 0.1) is 14.2 Å². The highest BCUT2D eigenvalue weighted by molar-refractivity contribution is 5.91. The summed E-state index contributed by atoms with van der Waals surface area (Å²) in [5, 5.41) is 4.04. The molecule has 0 aliphatic heterocycles. The van der Waals surface area contributed by atoms with Gasteiger partial charge < -0.3 is 18.9 Å². The molecule has 3 rings (SSSR count). The monoisotopic (exact) mass is 407 g/mol. The smallest absolute Gasteiger partial charge is 0.247 e. The highest BCUT2D eigenvalue weighted by Crippen LogP contribution is 2.31. The molecule has 0 bridgehead atoms. The third-order valence-corrected chi connectivity index (χ3v) is 4.54. The lowest BCUT2D eigenvalue weighted by molar-refractivity contribution is -0.128. The zero-order chi connectivity index (χ0) is 21.5. The number of aromatic nitrogens is 2. The fourth-order valence-electron chi connectivity index (χ4n) is 2.90. The quantitative estimate of drug-likeness (QED) is 0.521. The molecule has 0 fully saturated rings. The molecular formula is C23H25N3O4. The van der Waals surface area contributed by atoms with Crippen LogP contribution >= 0.6 is 0 Å². The van der Waals surface area contributed by atoms with Gasteiger partial charge >= 0.3 is 0 Å². The van der Waals surface area contributed by atoms with Gasteiger partial charge in [-0.2, -0.15) is 4.98 Å². The predicted molar refractivity (Wildman–Crippen MR) is 114 cm³/mol. The van der Waals surface area contributed by atoms with E-state index in [1.165, 1.54) is 0 Å². The van der Waals surface area contributed by atoms with E-state index in [4.69, 9.17) is 14.0 Å². The van der Waals surface area contributed by atoms with Gasteiger partial charge in [-0.1, -0.05) is 35.5 Å². The van der Waals surface area contributed by atoms with Crippen molar-refractivity contribution in [3.05, 3.63) is 66.1 Å². The molecule has 1 aromatic heterocycles. The van der Waals surface area contributed by atoms with Crippen LogP contribution in [0.25, 0.3) is 17.5 Å². The molecule has 2 aromatic carbocycles. The maximum Gasteiger partial charge on any atom is 0.247 e. The number of carbonyl (C=O) groups is 1. The Morgan fingerprint density at radius 2 is 1.83 bits per heavy atom. The number of benzene rings is 2. The zero-order valence-corrected chi connectivity index (χ0v) is 17.5. The molecule has 0 saturated carbocycles. The summed E-state index contributed by atoms with van der Waals surface area (Å²) in [6.45, 7) is 4.11. The van der Waals surface area contributed by atoms with Crippen LogP contribution in [0.4, 0.5) is 0 Å². The third-order valence-electron chi connectivity index (χ3n) is 4.54. The molecule has 1 heterocycles. The number of nitrogens with zero attached hydrogens (tertiary/aromatic N) is 3. The largest absolute Gasteiger partial charge is 0.493 e. The van der Waals surface area contributed by atoms with E-state index in [0.29, 0.717) is 23.2 Å². The van der Waals surface area contributed by atoms with Crippen LogP contribution in [0, 0.1) is 0 Å². The maximum absolute atomic E-state index is 12.7. The average molecular weight is 407 g/mol. The first-order chi connectivity index (χ1) is 14.5. The number of ether oxygens (including phenoxy) is 2. The molecule has 7 heteroatoms. The van der Waals surface area contributed by atoms with Crippen molar-refractivity contribution in [1.29, 1.82) is 0 Å². The Hall–Kier alpha value is -3.61. The summed E-state index contributed by atoms with van der Waals surface area (Å²) < 4.78 is 16.0. The van der Waals surface area contributed by atoms with Crippen LogP contribution in [0.5, 0.6) is 11.5 Å². The Kier molecular flexibility index (Phi) is 6.85. The van der Waals surface area contributed by atoms with Crippen LogP contribution < -0.4 is 9.47 Å². The molecular weight excluding hydrogens is 382 g/mol. The minimum Gasteiger partial charge on any atom is -0.493 e. The number of methoxy groups -OCH3 is 2. The van der Waals surface area contributed by atoms with Crippen molar-refractivity contribution in [3.8, 4) is 22.9 Å². The summed E-state index contributed by atoms with van der Waals surface area (Å²) in [7, 11) is 3.14. The first kappa shape index (κ1) is 21.1. The van der Waals surface area contributed by atoms with E-state index in [2.05, 4.69) is 10.1 Å². The lowest BCUT2D eigenvalue weighted by atomic mass is 10.2. The molecule has 0 atom stereocenters. The van der Waals surface area contributed by atoms with Crippen molar-refractivity contribution in [1.82, 2.24) is 15.0 Å². The summed E-state index contributed by atoms with van der Waals surface area (Å²) in [6.07, 6.45) is 3.35. The number of amides is 1. The fourth-order valence-corrected chi connectivity index (χ4v) is 2.90. The van der Waals surface area contributed by atoms with Crippen LogP contribution in [-0.2, 0) is 11.3 Å². The summed E-state index contributed by atoms with van der Waals surface area (Å²) in [5.41, 5.74) is 1.69. The first-order valence-electron chi connectivity index (χ1n) is 9.60. The van der Waals surface area contributed by atoms with E-state index < -0.39 is 0 Å². The summed E-state index contributed by atoms with van der Waals surface area (Å²) in [6, 6.07) is 15.0. The van der Waals surface area contributed by atoms with Crippen molar-refractivity contribution < 1.29 is 18.8 Å². The van der Waals surface area contributed by atoms with E-state index >= 15 is 0 Å². The minimum atomic E-state index is -0.125. The number of rotatable bonds is 8. The number of hydrogen-bond donors (Lipinski definition) is 0. The average Bonchev–Trinajstić information content (AvgIpc) is 3.24. The zero-order valence-electron chi connectivity index (χ0n) is 17.5. The van der Waals surface area contributed by atoms with Crippen molar-refractivity contribution in [2.24, 2.45) is 0 Å². The second-order valence-electron chi connectivity index (χ2n) is 6.89.